The molecule has 0 saturated heterocycles. The van der Waals surface area contributed by atoms with E-state index in [0.717, 1.165) is 12.0 Å². The van der Waals surface area contributed by atoms with Crippen LogP contribution in [0.4, 0.5) is 0 Å². The van der Waals surface area contributed by atoms with Gasteiger partial charge in [0.15, 0.2) is 0 Å². The van der Waals surface area contributed by atoms with E-state index in [1.165, 1.54) is 0 Å². The molecule has 0 saturated carbocycles. The van der Waals surface area contributed by atoms with E-state index in [0.29, 0.717) is 6.42 Å². The lowest BCUT2D eigenvalue weighted by Crippen LogP contribution is -2.01. The third-order valence-corrected chi connectivity index (χ3v) is 1.49. The molecule has 0 unspecified atom stereocenters. The molecule has 1 rings (SSSR count). The van der Waals surface area contributed by atoms with Gasteiger partial charge in [-0.3, -0.25) is 4.98 Å². The lowest BCUT2D eigenvalue weighted by atomic mass is 10.1. The number of aliphatic hydroxyl groups excluding tert-OH is 1. The largest absolute Gasteiger partial charge is 0.393 e. The Balaban J connectivity index is 2.39. The molecule has 2 heteroatoms. The molecule has 1 radical (unpaired) electrons. The molecule has 0 spiro atoms. The number of pyridine rings is 1. The Kier molecular flexibility index (Phi) is 3.05. The van der Waals surface area contributed by atoms with Gasteiger partial charge in [-0.15, -0.1) is 0 Å². The Morgan fingerprint density at radius 1 is 1.64 bits per heavy atom. The van der Waals surface area contributed by atoms with Crippen LogP contribution in [0.15, 0.2) is 24.5 Å². The smallest absolute Gasteiger partial charge is 0.0544 e. The van der Waals surface area contributed by atoms with Crippen LogP contribution < -0.4 is 0 Å². The monoisotopic (exact) mass is 150 g/mol. The number of aryl methyl sites for hydroxylation is 1. The topological polar surface area (TPSA) is 33.1 Å². The van der Waals surface area contributed by atoms with Crippen LogP contribution in [0.2, 0.25) is 0 Å². The summed E-state index contributed by atoms with van der Waals surface area (Å²) in [5.74, 6) is 0. The van der Waals surface area contributed by atoms with E-state index in [4.69, 9.17) is 5.11 Å². The van der Waals surface area contributed by atoms with E-state index in [9.17, 15) is 0 Å². The zero-order chi connectivity index (χ0) is 8.10. The van der Waals surface area contributed by atoms with Crippen LogP contribution in [0, 0.1) is 6.92 Å². The molecule has 11 heavy (non-hydrogen) atoms. The maximum atomic E-state index is 8.88. The van der Waals surface area contributed by atoms with Crippen LogP contribution in [0.1, 0.15) is 12.0 Å². The zero-order valence-corrected chi connectivity index (χ0v) is 6.40. The Bertz CT molecular complexity index is 196. The van der Waals surface area contributed by atoms with Crippen molar-refractivity contribution in [2.75, 3.05) is 0 Å². The summed E-state index contributed by atoms with van der Waals surface area (Å²) < 4.78 is 0. The van der Waals surface area contributed by atoms with Gasteiger partial charge in [0.2, 0.25) is 0 Å². The predicted octanol–water partition coefficient (Wildman–Crippen LogP) is 1.21. The average molecular weight is 150 g/mol. The summed E-state index contributed by atoms with van der Waals surface area (Å²) in [5, 5.41) is 8.88. The fourth-order valence-corrected chi connectivity index (χ4v) is 0.879. The van der Waals surface area contributed by atoms with Crippen molar-refractivity contribution >= 4 is 0 Å². The molecule has 0 aliphatic heterocycles. The summed E-state index contributed by atoms with van der Waals surface area (Å²) in [6.07, 6.45) is 4.63. The van der Waals surface area contributed by atoms with Crippen molar-refractivity contribution in [1.29, 1.82) is 0 Å². The third kappa shape index (κ3) is 3.14. The first-order valence-corrected chi connectivity index (χ1v) is 3.69. The van der Waals surface area contributed by atoms with Gasteiger partial charge < -0.3 is 5.11 Å². The molecule has 0 aromatic carbocycles. The summed E-state index contributed by atoms with van der Waals surface area (Å²) in [4.78, 5) is 3.96. The van der Waals surface area contributed by atoms with E-state index >= 15 is 0 Å². The van der Waals surface area contributed by atoms with Crippen molar-refractivity contribution in [3.05, 3.63) is 37.0 Å². The first-order valence-electron chi connectivity index (χ1n) is 3.69. The number of aromatic nitrogens is 1. The van der Waals surface area contributed by atoms with Crippen molar-refractivity contribution < 1.29 is 5.11 Å². The van der Waals surface area contributed by atoms with Crippen molar-refractivity contribution in [1.82, 2.24) is 4.98 Å². The SMILES string of the molecule is [CH2][C@H](O)CCc1cccnc1. The molecule has 0 aliphatic rings. The molecule has 1 atom stereocenters. The van der Waals surface area contributed by atoms with Crippen LogP contribution in [0.25, 0.3) is 0 Å². The number of hydrogen-bond donors (Lipinski definition) is 1. The highest BCUT2D eigenvalue weighted by molar-refractivity contribution is 5.08. The van der Waals surface area contributed by atoms with Crippen molar-refractivity contribution in [2.45, 2.75) is 18.9 Å². The van der Waals surface area contributed by atoms with Gasteiger partial charge in [-0.25, -0.2) is 0 Å². The summed E-state index contributed by atoms with van der Waals surface area (Å²) in [6.45, 7) is 3.49. The molecule has 1 N–H and O–H groups in total. The molecular weight excluding hydrogens is 138 g/mol. The van der Waals surface area contributed by atoms with Crippen LogP contribution in [0.3, 0.4) is 0 Å². The minimum Gasteiger partial charge on any atom is -0.393 e. The van der Waals surface area contributed by atoms with Gasteiger partial charge in [-0.05, 0) is 31.4 Å². The predicted molar refractivity (Wildman–Crippen MR) is 43.9 cm³/mol. The molecule has 59 valence electrons. The first kappa shape index (κ1) is 8.21. The normalized spacial score (nSPS) is 12.9. The average Bonchev–Trinajstić information content (AvgIpc) is 2.03. The Morgan fingerprint density at radius 3 is 3.00 bits per heavy atom. The van der Waals surface area contributed by atoms with Crippen LogP contribution in [-0.2, 0) is 6.42 Å². The quantitative estimate of drug-likeness (QED) is 0.702. The van der Waals surface area contributed by atoms with E-state index in [1.807, 2.05) is 18.3 Å². The van der Waals surface area contributed by atoms with Crippen LogP contribution >= 0.6 is 0 Å². The summed E-state index contributed by atoms with van der Waals surface area (Å²) in [7, 11) is 0. The van der Waals surface area contributed by atoms with E-state index in [2.05, 4.69) is 11.9 Å². The van der Waals surface area contributed by atoms with E-state index in [1.54, 1.807) is 6.20 Å². The molecule has 1 heterocycles. The van der Waals surface area contributed by atoms with Crippen molar-refractivity contribution in [2.24, 2.45) is 0 Å². The molecule has 0 aliphatic carbocycles. The van der Waals surface area contributed by atoms with Gasteiger partial charge in [0.1, 0.15) is 0 Å². The van der Waals surface area contributed by atoms with Crippen LogP contribution in [0.5, 0.6) is 0 Å². The molecule has 0 amide bonds. The highest BCUT2D eigenvalue weighted by Gasteiger charge is 1.96. The molecule has 2 nitrogen and oxygen atoms in total. The number of aliphatic hydroxyl groups is 1. The molecule has 1 aromatic heterocycles. The third-order valence-electron chi connectivity index (χ3n) is 1.49. The second kappa shape index (κ2) is 4.09. The highest BCUT2D eigenvalue weighted by atomic mass is 16.3. The molecule has 1 aromatic rings. The molecular formula is C9H12NO. The van der Waals surface area contributed by atoms with E-state index < -0.39 is 6.10 Å². The summed E-state index contributed by atoms with van der Waals surface area (Å²) in [5.41, 5.74) is 1.15. The Morgan fingerprint density at radius 2 is 2.45 bits per heavy atom. The summed E-state index contributed by atoms with van der Waals surface area (Å²) >= 11 is 0. The number of hydrogen-bond acceptors (Lipinski definition) is 2. The fraction of sp³-hybridized carbons (Fsp3) is 0.333. The minimum atomic E-state index is -0.463. The second-order valence-corrected chi connectivity index (χ2v) is 2.55. The number of nitrogens with zero attached hydrogens (tertiary/aromatic N) is 1. The first-order chi connectivity index (χ1) is 5.29. The molecule has 0 bridgehead atoms. The van der Waals surface area contributed by atoms with Gasteiger partial charge >= 0.3 is 0 Å². The van der Waals surface area contributed by atoms with Crippen LogP contribution in [-0.4, -0.2) is 16.2 Å². The van der Waals surface area contributed by atoms with Crippen molar-refractivity contribution in [3.8, 4) is 0 Å². The Labute approximate surface area is 66.9 Å². The van der Waals surface area contributed by atoms with Gasteiger partial charge in [-0.2, -0.15) is 0 Å². The lowest BCUT2D eigenvalue weighted by Gasteiger charge is -2.02. The fourth-order valence-electron chi connectivity index (χ4n) is 0.879. The minimum absolute atomic E-state index is 0.463. The lowest BCUT2D eigenvalue weighted by molar-refractivity contribution is 0.210. The molecule has 0 fully saturated rings. The summed E-state index contributed by atoms with van der Waals surface area (Å²) in [6, 6.07) is 3.89. The Hall–Kier alpha value is -0.890. The van der Waals surface area contributed by atoms with Gasteiger partial charge in [0.25, 0.3) is 0 Å². The zero-order valence-electron chi connectivity index (χ0n) is 6.40. The standard InChI is InChI=1S/C9H12NO/c1-8(11)4-5-9-3-2-6-10-7-9/h2-3,6-8,11H,1,4-5H2/t8-/m0/s1. The number of rotatable bonds is 3. The van der Waals surface area contributed by atoms with E-state index in [-0.39, 0.29) is 0 Å². The van der Waals surface area contributed by atoms with Gasteiger partial charge in [0.05, 0.1) is 6.10 Å². The highest BCUT2D eigenvalue weighted by Crippen LogP contribution is 2.02. The second-order valence-electron chi connectivity index (χ2n) is 2.55. The maximum absolute atomic E-state index is 8.88. The van der Waals surface area contributed by atoms with Gasteiger partial charge in [-0.1, -0.05) is 6.07 Å². The van der Waals surface area contributed by atoms with Crippen molar-refractivity contribution in [3.63, 3.8) is 0 Å². The maximum Gasteiger partial charge on any atom is 0.0544 e. The van der Waals surface area contributed by atoms with Gasteiger partial charge in [0, 0.05) is 12.4 Å².